The van der Waals surface area contributed by atoms with Crippen molar-refractivity contribution >= 4 is 39.4 Å². The molecule has 12 nitrogen and oxygen atoms in total. The molecule has 0 aromatic carbocycles. The second kappa shape index (κ2) is 16.9. The predicted octanol–water partition coefficient (Wildman–Crippen LogP) is 4.16. The maximum Gasteiger partial charge on any atom is 0.315 e. The van der Waals surface area contributed by atoms with E-state index in [4.69, 9.17) is 6.42 Å². The summed E-state index contributed by atoms with van der Waals surface area (Å²) in [5.74, 6) is -0.285. The molecular weight excluding hydrogens is 683 g/mol. The van der Waals surface area contributed by atoms with Gasteiger partial charge in [0.25, 0.3) is 5.91 Å². The van der Waals surface area contributed by atoms with E-state index < -0.39 is 61.9 Å². The van der Waals surface area contributed by atoms with Crippen molar-refractivity contribution in [2.24, 2.45) is 17.3 Å². The zero-order chi connectivity index (χ0) is 38.5. The average Bonchev–Trinajstić information content (AvgIpc) is 3.89. The van der Waals surface area contributed by atoms with Gasteiger partial charge in [0.05, 0.1) is 22.1 Å². The lowest BCUT2D eigenvalue weighted by atomic mass is 9.71. The molecule has 3 saturated carbocycles. The van der Waals surface area contributed by atoms with Crippen molar-refractivity contribution in [1.29, 1.82) is 0 Å². The normalized spacial score (nSPS) is 24.8. The number of terminal acetylenes is 1. The Labute approximate surface area is 311 Å². The fraction of sp³-hybridized carbons (Fsp3) is 0.821. The maximum absolute atomic E-state index is 14.8. The summed E-state index contributed by atoms with van der Waals surface area (Å²) in [6, 6.07) is -3.65. The molecular formula is C39H63N5O7S. The van der Waals surface area contributed by atoms with Crippen LogP contribution >= 0.6 is 0 Å². The van der Waals surface area contributed by atoms with Crippen molar-refractivity contribution in [1.82, 2.24) is 26.2 Å². The number of ketones is 1. The van der Waals surface area contributed by atoms with E-state index in [1.807, 2.05) is 20.8 Å². The van der Waals surface area contributed by atoms with Crippen LogP contribution in [0.25, 0.3) is 0 Å². The van der Waals surface area contributed by atoms with Crippen LogP contribution in [0, 0.1) is 29.6 Å². The minimum atomic E-state index is -3.57. The molecule has 0 aromatic rings. The van der Waals surface area contributed by atoms with Gasteiger partial charge < -0.3 is 26.2 Å². The average molecular weight is 746 g/mol. The molecule has 3 aliphatic carbocycles. The molecule has 0 bridgehead atoms. The third-order valence-corrected chi connectivity index (χ3v) is 14.9. The SMILES string of the molecule is C#CCC[C@H](NC(=O)[C@@H]1CC(C)(C)C(C)CN1C(=O)[C@@H](NC(=O)NC1(CS(=O)(=O)C(C)(C)C)CCCCC1)C1CCCCC1)C(=O)C(=O)NC1CC1. The molecule has 0 aromatic heterocycles. The first-order valence-electron chi connectivity index (χ1n) is 19.5. The minimum Gasteiger partial charge on any atom is -0.347 e. The van der Waals surface area contributed by atoms with E-state index >= 15 is 0 Å². The zero-order valence-corrected chi connectivity index (χ0v) is 33.1. The Kier molecular flexibility index (Phi) is 13.5. The van der Waals surface area contributed by atoms with E-state index in [0.29, 0.717) is 19.3 Å². The Morgan fingerprint density at radius 1 is 0.923 bits per heavy atom. The summed E-state index contributed by atoms with van der Waals surface area (Å²) in [6.07, 6.45) is 15.5. The van der Waals surface area contributed by atoms with E-state index in [1.54, 1.807) is 25.7 Å². The summed E-state index contributed by atoms with van der Waals surface area (Å²) in [6.45, 7) is 11.4. The summed E-state index contributed by atoms with van der Waals surface area (Å²) in [7, 11) is -3.57. The van der Waals surface area contributed by atoms with E-state index in [9.17, 15) is 32.4 Å². The highest BCUT2D eigenvalue weighted by Gasteiger charge is 2.48. The Morgan fingerprint density at radius 3 is 2.12 bits per heavy atom. The molecule has 0 spiro atoms. The Morgan fingerprint density at radius 2 is 1.54 bits per heavy atom. The molecule has 52 heavy (non-hydrogen) atoms. The lowest BCUT2D eigenvalue weighted by Crippen LogP contribution is -2.65. The second-order valence-corrected chi connectivity index (χ2v) is 20.4. The van der Waals surface area contributed by atoms with Gasteiger partial charge in [-0.25, -0.2) is 13.2 Å². The fourth-order valence-electron chi connectivity index (χ4n) is 7.92. The molecule has 4 atom stereocenters. The molecule has 5 amide bonds. The van der Waals surface area contributed by atoms with Crippen LogP contribution in [0.3, 0.4) is 0 Å². The summed E-state index contributed by atoms with van der Waals surface area (Å²) in [4.78, 5) is 70.5. The van der Waals surface area contributed by atoms with Gasteiger partial charge in [0.1, 0.15) is 12.1 Å². The number of carbonyl (C=O) groups excluding carboxylic acids is 5. The molecule has 13 heteroatoms. The molecule has 1 saturated heterocycles. The number of Topliss-reactive ketones (excluding diaryl/α,β-unsaturated/α-hetero) is 1. The standard InChI is InChI=1S/C39H63N5O7S/c1-8-9-18-29(32(45)34(47)40-28-19-20-28)41-33(46)30-23-38(6,7)26(2)24-44(30)35(48)31(27-16-12-10-13-17-27)42-36(49)43-39(21-14-11-15-22-39)25-52(50,51)37(3,4)5/h1,26-31H,9-25H2,2-7H3,(H,40,47)(H,41,46)(H2,42,43,49)/t26?,29-,30-,31-/m0/s1. The van der Waals surface area contributed by atoms with Crippen LogP contribution in [0.2, 0.25) is 0 Å². The van der Waals surface area contributed by atoms with Crippen LogP contribution in [-0.2, 0) is 29.0 Å². The topological polar surface area (TPSA) is 171 Å². The predicted molar refractivity (Wildman–Crippen MR) is 201 cm³/mol. The van der Waals surface area contributed by atoms with Gasteiger partial charge in [0.2, 0.25) is 17.6 Å². The number of hydrogen-bond acceptors (Lipinski definition) is 7. The first-order valence-corrected chi connectivity index (χ1v) is 21.1. The number of rotatable bonds is 13. The lowest BCUT2D eigenvalue weighted by molar-refractivity contribution is -0.150. The third kappa shape index (κ3) is 10.5. The van der Waals surface area contributed by atoms with Gasteiger partial charge in [-0.1, -0.05) is 59.3 Å². The van der Waals surface area contributed by atoms with E-state index in [0.717, 1.165) is 64.2 Å². The smallest absolute Gasteiger partial charge is 0.315 e. The minimum absolute atomic E-state index is 0.0117. The summed E-state index contributed by atoms with van der Waals surface area (Å²) in [5, 5.41) is 11.5. The van der Waals surface area contributed by atoms with E-state index in [-0.39, 0.29) is 54.3 Å². The van der Waals surface area contributed by atoms with Crippen molar-refractivity contribution in [3.63, 3.8) is 0 Å². The van der Waals surface area contributed by atoms with Gasteiger partial charge in [-0.3, -0.25) is 19.2 Å². The molecule has 4 fully saturated rings. The number of nitrogens with zero attached hydrogens (tertiary/aromatic N) is 1. The van der Waals surface area contributed by atoms with Crippen molar-refractivity contribution in [3.8, 4) is 12.3 Å². The van der Waals surface area contributed by atoms with Crippen LogP contribution in [0.15, 0.2) is 0 Å². The summed E-state index contributed by atoms with van der Waals surface area (Å²) >= 11 is 0. The van der Waals surface area contributed by atoms with Crippen LogP contribution in [0.1, 0.15) is 138 Å². The highest BCUT2D eigenvalue weighted by Crippen LogP contribution is 2.40. The van der Waals surface area contributed by atoms with E-state index in [2.05, 4.69) is 27.2 Å². The molecule has 1 aliphatic heterocycles. The van der Waals surface area contributed by atoms with Crippen LogP contribution in [0.5, 0.6) is 0 Å². The molecule has 4 N–H and O–H groups in total. The van der Waals surface area contributed by atoms with Crippen molar-refractivity contribution < 1.29 is 32.4 Å². The van der Waals surface area contributed by atoms with Gasteiger partial charge in [-0.05, 0) is 89.4 Å². The maximum atomic E-state index is 14.8. The number of amides is 5. The number of urea groups is 1. The van der Waals surface area contributed by atoms with Gasteiger partial charge in [-0.2, -0.15) is 0 Å². The molecule has 1 unspecified atom stereocenters. The van der Waals surface area contributed by atoms with Gasteiger partial charge in [0, 0.05) is 19.0 Å². The number of likely N-dealkylation sites (tertiary alicyclic amines) is 1. The van der Waals surface area contributed by atoms with Gasteiger partial charge in [-0.15, -0.1) is 12.3 Å². The third-order valence-electron chi connectivity index (χ3n) is 12.1. The lowest BCUT2D eigenvalue weighted by Gasteiger charge is -2.48. The number of carbonyl (C=O) groups is 5. The van der Waals surface area contributed by atoms with Crippen LogP contribution in [0.4, 0.5) is 4.79 Å². The monoisotopic (exact) mass is 745 g/mol. The Hall–Kier alpha value is -3.14. The Bertz CT molecular complexity index is 1480. The molecule has 1 heterocycles. The van der Waals surface area contributed by atoms with Crippen molar-refractivity contribution in [3.05, 3.63) is 0 Å². The van der Waals surface area contributed by atoms with Gasteiger partial charge in [0.15, 0.2) is 9.84 Å². The fourth-order valence-corrected chi connectivity index (χ4v) is 9.44. The van der Waals surface area contributed by atoms with Crippen LogP contribution in [-0.4, -0.2) is 89.6 Å². The zero-order valence-electron chi connectivity index (χ0n) is 32.3. The molecule has 4 rings (SSSR count). The molecule has 292 valence electrons. The Balaban J connectivity index is 1.60. The van der Waals surface area contributed by atoms with Crippen molar-refractivity contribution in [2.45, 2.75) is 172 Å². The number of piperidine rings is 1. The first-order chi connectivity index (χ1) is 24.3. The van der Waals surface area contributed by atoms with Gasteiger partial charge >= 0.3 is 6.03 Å². The number of hydrogen-bond donors (Lipinski definition) is 4. The first kappa shape index (κ1) is 41.6. The highest BCUT2D eigenvalue weighted by molar-refractivity contribution is 7.92. The number of nitrogens with one attached hydrogen (secondary N) is 4. The van der Waals surface area contributed by atoms with Crippen molar-refractivity contribution in [2.75, 3.05) is 12.3 Å². The highest BCUT2D eigenvalue weighted by atomic mass is 32.2. The largest absolute Gasteiger partial charge is 0.347 e. The summed E-state index contributed by atoms with van der Waals surface area (Å²) in [5.41, 5.74) is -1.29. The summed E-state index contributed by atoms with van der Waals surface area (Å²) < 4.78 is 25.8. The quantitative estimate of drug-likeness (QED) is 0.162. The molecule has 0 radical (unpaired) electrons. The van der Waals surface area contributed by atoms with E-state index in [1.165, 1.54) is 0 Å². The van der Waals surface area contributed by atoms with Crippen LogP contribution < -0.4 is 21.3 Å². The number of sulfone groups is 1. The molecule has 4 aliphatic rings. The second-order valence-electron chi connectivity index (χ2n) is 17.7.